The van der Waals surface area contributed by atoms with Gasteiger partial charge in [0.05, 0.1) is 7.11 Å². The number of ether oxygens (including phenoxy) is 2. The molecule has 0 spiro atoms. The molecule has 0 unspecified atom stereocenters. The molecule has 102 valence electrons. The van der Waals surface area contributed by atoms with E-state index >= 15 is 0 Å². The Labute approximate surface area is 106 Å². The highest BCUT2D eigenvalue weighted by Crippen LogP contribution is 2.31. The smallest absolute Gasteiger partial charge is 0.340 e. The van der Waals surface area contributed by atoms with Crippen molar-refractivity contribution in [3.63, 3.8) is 0 Å². The van der Waals surface area contributed by atoms with Gasteiger partial charge in [-0.05, 0) is 17.7 Å². The van der Waals surface area contributed by atoms with Gasteiger partial charge in [0.15, 0.2) is 18.1 Å². The van der Waals surface area contributed by atoms with Crippen LogP contribution in [0.2, 0.25) is 0 Å². The molecule has 0 aliphatic carbocycles. The quantitative estimate of drug-likeness (QED) is 0.586. The fourth-order valence-corrected chi connectivity index (χ4v) is 1.32. The molecule has 0 saturated heterocycles. The Hall–Kier alpha value is -1.17. The average Bonchev–Trinajstić information content (AvgIpc) is 2.35. The molecule has 7 heteroatoms. The molecular weight excluding hydrogens is 276 g/mol. The molecule has 0 bridgehead atoms. The van der Waals surface area contributed by atoms with Crippen molar-refractivity contribution in [2.45, 2.75) is 18.2 Å². The van der Waals surface area contributed by atoms with E-state index in [0.717, 1.165) is 0 Å². The first-order chi connectivity index (χ1) is 8.40. The van der Waals surface area contributed by atoms with Crippen LogP contribution in [0.25, 0.3) is 0 Å². The van der Waals surface area contributed by atoms with Crippen LogP contribution in [-0.2, 0) is 5.88 Å². The largest absolute Gasteiger partial charge is 0.493 e. The zero-order chi connectivity index (χ0) is 13.8. The molecule has 18 heavy (non-hydrogen) atoms. The summed E-state index contributed by atoms with van der Waals surface area (Å²) in [4.78, 5) is 0. The molecule has 0 saturated carbocycles. The Balaban J connectivity index is 2.83. The van der Waals surface area contributed by atoms with Gasteiger partial charge in [-0.1, -0.05) is 6.07 Å². The maximum atomic E-state index is 12.7. The highest BCUT2D eigenvalue weighted by Gasteiger charge is 2.41. The van der Waals surface area contributed by atoms with Crippen LogP contribution >= 0.6 is 11.6 Å². The lowest BCUT2D eigenvalue weighted by atomic mass is 10.2. The fourth-order valence-electron chi connectivity index (χ4n) is 1.15. The van der Waals surface area contributed by atoms with E-state index in [9.17, 15) is 17.6 Å². The van der Waals surface area contributed by atoms with Gasteiger partial charge in [0.2, 0.25) is 0 Å². The van der Waals surface area contributed by atoms with Crippen LogP contribution < -0.4 is 9.47 Å². The highest BCUT2D eigenvalue weighted by molar-refractivity contribution is 6.17. The molecule has 1 aromatic carbocycles. The van der Waals surface area contributed by atoms with Crippen molar-refractivity contribution in [2.24, 2.45) is 0 Å². The lowest BCUT2D eigenvalue weighted by Gasteiger charge is -2.17. The van der Waals surface area contributed by atoms with Crippen LogP contribution in [0.1, 0.15) is 5.56 Å². The van der Waals surface area contributed by atoms with Gasteiger partial charge in [-0.2, -0.15) is 8.78 Å². The van der Waals surface area contributed by atoms with Gasteiger partial charge in [-0.25, -0.2) is 8.78 Å². The molecule has 0 fully saturated rings. The van der Waals surface area contributed by atoms with Crippen molar-refractivity contribution in [2.75, 3.05) is 13.7 Å². The molecule has 0 aliphatic heterocycles. The Morgan fingerprint density at radius 2 is 1.94 bits per heavy atom. The van der Waals surface area contributed by atoms with Gasteiger partial charge < -0.3 is 9.47 Å². The lowest BCUT2D eigenvalue weighted by Crippen LogP contribution is -2.33. The maximum Gasteiger partial charge on any atom is 0.340 e. The van der Waals surface area contributed by atoms with Gasteiger partial charge >= 0.3 is 12.3 Å². The maximum absolute atomic E-state index is 12.7. The minimum Gasteiger partial charge on any atom is -0.493 e. The number of alkyl halides is 5. The number of benzene rings is 1. The Morgan fingerprint density at radius 1 is 1.28 bits per heavy atom. The Bertz CT molecular complexity index is 399. The minimum atomic E-state index is -4.21. The van der Waals surface area contributed by atoms with E-state index in [1.165, 1.54) is 19.2 Å². The molecule has 0 N–H and O–H groups in total. The van der Waals surface area contributed by atoms with Crippen molar-refractivity contribution in [3.8, 4) is 11.5 Å². The summed E-state index contributed by atoms with van der Waals surface area (Å²) in [6.07, 6.45) is -3.78. The molecule has 0 radical (unpaired) electrons. The second-order valence-corrected chi connectivity index (χ2v) is 3.74. The highest BCUT2D eigenvalue weighted by atomic mass is 35.5. The number of rotatable bonds is 6. The van der Waals surface area contributed by atoms with Crippen molar-refractivity contribution >= 4 is 11.6 Å². The molecule has 0 aliphatic rings. The minimum absolute atomic E-state index is 0.0454. The molecule has 0 atom stereocenters. The normalized spacial score (nSPS) is 11.7. The molecule has 0 aromatic heterocycles. The van der Waals surface area contributed by atoms with E-state index in [2.05, 4.69) is 4.74 Å². The van der Waals surface area contributed by atoms with E-state index in [1.54, 1.807) is 6.07 Å². The number of methoxy groups -OCH3 is 1. The van der Waals surface area contributed by atoms with Crippen molar-refractivity contribution < 1.29 is 27.0 Å². The summed E-state index contributed by atoms with van der Waals surface area (Å²) in [5, 5.41) is 0. The average molecular weight is 287 g/mol. The summed E-state index contributed by atoms with van der Waals surface area (Å²) < 4.78 is 58.9. The topological polar surface area (TPSA) is 18.5 Å². The number of halogens is 5. The summed E-state index contributed by atoms with van der Waals surface area (Å²) >= 11 is 5.57. The third-order valence-corrected chi connectivity index (χ3v) is 2.43. The van der Waals surface area contributed by atoms with Crippen molar-refractivity contribution in [3.05, 3.63) is 23.8 Å². The Morgan fingerprint density at radius 3 is 2.44 bits per heavy atom. The van der Waals surface area contributed by atoms with Crippen LogP contribution in [0.15, 0.2) is 18.2 Å². The van der Waals surface area contributed by atoms with E-state index in [-0.39, 0.29) is 17.4 Å². The Kier molecular flexibility index (Phi) is 5.07. The second kappa shape index (κ2) is 6.13. The first-order valence-electron chi connectivity index (χ1n) is 4.92. The standard InChI is InChI=1S/C11H11ClF4O2/c1-17-8-3-2-7(5-12)4-9(8)18-6-11(15,16)10(13)14/h2-4,10H,5-6H2,1H3. The van der Waals surface area contributed by atoms with Crippen LogP contribution in [-0.4, -0.2) is 26.1 Å². The van der Waals surface area contributed by atoms with Crippen LogP contribution in [0.4, 0.5) is 17.6 Å². The first kappa shape index (κ1) is 14.9. The lowest BCUT2D eigenvalue weighted by molar-refractivity contribution is -0.148. The summed E-state index contributed by atoms with van der Waals surface area (Å²) in [7, 11) is 1.31. The van der Waals surface area contributed by atoms with Gasteiger partial charge in [0, 0.05) is 5.88 Å². The fraction of sp³-hybridized carbons (Fsp3) is 0.455. The van der Waals surface area contributed by atoms with E-state index in [1.807, 2.05) is 0 Å². The van der Waals surface area contributed by atoms with Crippen molar-refractivity contribution in [1.29, 1.82) is 0 Å². The molecular formula is C11H11ClF4O2. The summed E-state index contributed by atoms with van der Waals surface area (Å²) in [6, 6.07) is 4.45. The number of hydrogen-bond acceptors (Lipinski definition) is 2. The molecule has 1 rings (SSSR count). The summed E-state index contributed by atoms with van der Waals surface area (Å²) in [6.45, 7) is -1.42. The predicted octanol–water partition coefficient (Wildman–Crippen LogP) is 3.71. The third-order valence-electron chi connectivity index (χ3n) is 2.12. The molecule has 1 aromatic rings. The van der Waals surface area contributed by atoms with Gasteiger partial charge in [-0.15, -0.1) is 11.6 Å². The summed E-state index contributed by atoms with van der Waals surface area (Å²) in [5.74, 6) is -3.93. The van der Waals surface area contributed by atoms with E-state index in [4.69, 9.17) is 16.3 Å². The molecule has 0 heterocycles. The number of hydrogen-bond donors (Lipinski definition) is 0. The molecule has 2 nitrogen and oxygen atoms in total. The van der Waals surface area contributed by atoms with E-state index in [0.29, 0.717) is 5.56 Å². The molecule has 0 amide bonds. The zero-order valence-electron chi connectivity index (χ0n) is 9.43. The second-order valence-electron chi connectivity index (χ2n) is 3.47. The summed E-state index contributed by atoms with van der Waals surface area (Å²) in [5.41, 5.74) is 0.604. The van der Waals surface area contributed by atoms with Crippen LogP contribution in [0.3, 0.4) is 0 Å². The van der Waals surface area contributed by atoms with Gasteiger partial charge in [-0.3, -0.25) is 0 Å². The van der Waals surface area contributed by atoms with Gasteiger partial charge in [0.1, 0.15) is 0 Å². The zero-order valence-corrected chi connectivity index (χ0v) is 10.2. The first-order valence-corrected chi connectivity index (χ1v) is 5.46. The SMILES string of the molecule is COc1ccc(CCl)cc1OCC(F)(F)C(F)F. The van der Waals surface area contributed by atoms with E-state index < -0.39 is 19.0 Å². The third kappa shape index (κ3) is 3.66. The van der Waals surface area contributed by atoms with Gasteiger partial charge in [0.25, 0.3) is 0 Å². The van der Waals surface area contributed by atoms with Crippen LogP contribution in [0, 0.1) is 0 Å². The van der Waals surface area contributed by atoms with Crippen LogP contribution in [0.5, 0.6) is 11.5 Å². The predicted molar refractivity (Wildman–Crippen MR) is 59.0 cm³/mol. The van der Waals surface area contributed by atoms with Crippen molar-refractivity contribution in [1.82, 2.24) is 0 Å². The monoisotopic (exact) mass is 286 g/mol.